The normalized spacial score (nSPS) is 12.9. The number of esters is 1. The lowest BCUT2D eigenvalue weighted by Crippen LogP contribution is -2.46. The van der Waals surface area contributed by atoms with Crippen molar-refractivity contribution in [3.05, 3.63) is 35.2 Å². The van der Waals surface area contributed by atoms with Crippen molar-refractivity contribution in [1.82, 2.24) is 5.32 Å². The molecule has 0 saturated heterocycles. The molecule has 2 N–H and O–H groups in total. The molecule has 0 saturated carbocycles. The number of hydrogen-bond donors (Lipinski definition) is 2. The Hall–Kier alpha value is -1.92. The van der Waals surface area contributed by atoms with Gasteiger partial charge in [-0.2, -0.15) is 0 Å². The van der Waals surface area contributed by atoms with Crippen LogP contribution in [-0.2, 0) is 14.3 Å². The first-order valence-electron chi connectivity index (χ1n) is 6.93. The van der Waals surface area contributed by atoms with Crippen LogP contribution in [0.1, 0.15) is 32.4 Å². The van der Waals surface area contributed by atoms with E-state index in [2.05, 4.69) is 5.32 Å². The number of aliphatic hydroxyl groups excluding tert-OH is 1. The monoisotopic (exact) mass is 321 g/mol. The van der Waals surface area contributed by atoms with E-state index >= 15 is 0 Å². The summed E-state index contributed by atoms with van der Waals surface area (Å²) in [6.45, 7) is 4.33. The van der Waals surface area contributed by atoms with Gasteiger partial charge in [0.1, 0.15) is 0 Å². The van der Waals surface area contributed by atoms with Gasteiger partial charge in [-0.1, -0.05) is 18.2 Å². The van der Waals surface area contributed by atoms with Gasteiger partial charge < -0.3 is 15.2 Å². The summed E-state index contributed by atoms with van der Waals surface area (Å²) in [6.07, 6.45) is -0.812. The Morgan fingerprint density at radius 3 is 2.73 bits per heavy atom. The number of thiophene rings is 1. The third kappa shape index (κ3) is 3.64. The third-order valence-electron chi connectivity index (χ3n) is 3.27. The van der Waals surface area contributed by atoms with Crippen molar-refractivity contribution in [2.45, 2.75) is 32.5 Å². The third-order valence-corrected chi connectivity index (χ3v) is 4.25. The fourth-order valence-corrected chi connectivity index (χ4v) is 3.18. The lowest BCUT2D eigenvalue weighted by molar-refractivity contribution is -0.163. The molecule has 0 aliphatic carbocycles. The summed E-state index contributed by atoms with van der Waals surface area (Å²) in [5.74, 6) is -0.967. The van der Waals surface area contributed by atoms with E-state index < -0.39 is 23.6 Å². The van der Waals surface area contributed by atoms with Gasteiger partial charge in [0.25, 0.3) is 5.91 Å². The van der Waals surface area contributed by atoms with Gasteiger partial charge in [-0.05, 0) is 30.7 Å². The highest BCUT2D eigenvalue weighted by Gasteiger charge is 2.31. The van der Waals surface area contributed by atoms with E-state index in [1.54, 1.807) is 11.3 Å². The zero-order valence-corrected chi connectivity index (χ0v) is 13.6. The van der Waals surface area contributed by atoms with Crippen LogP contribution in [0.15, 0.2) is 29.6 Å². The van der Waals surface area contributed by atoms with Crippen molar-refractivity contribution in [2.24, 2.45) is 0 Å². The van der Waals surface area contributed by atoms with E-state index in [0.29, 0.717) is 0 Å². The van der Waals surface area contributed by atoms with Crippen molar-refractivity contribution in [3.63, 3.8) is 0 Å². The van der Waals surface area contributed by atoms with Gasteiger partial charge in [-0.15, -0.1) is 11.3 Å². The van der Waals surface area contributed by atoms with Crippen LogP contribution in [-0.4, -0.2) is 29.1 Å². The first-order chi connectivity index (χ1) is 10.3. The Balaban J connectivity index is 2.02. The van der Waals surface area contributed by atoms with Crippen molar-refractivity contribution < 1.29 is 19.4 Å². The van der Waals surface area contributed by atoms with E-state index in [1.165, 1.54) is 20.8 Å². The number of carbonyl (C=O) groups is 2. The maximum atomic E-state index is 12.0. The zero-order valence-electron chi connectivity index (χ0n) is 12.8. The highest BCUT2D eigenvalue weighted by molar-refractivity contribution is 7.17. The maximum Gasteiger partial charge on any atom is 0.303 e. The van der Waals surface area contributed by atoms with Crippen LogP contribution in [0.25, 0.3) is 10.1 Å². The van der Waals surface area contributed by atoms with Gasteiger partial charge in [-0.3, -0.25) is 9.59 Å². The number of nitrogens with one attached hydrogen (secondary N) is 1. The number of carbonyl (C=O) groups excluding carboxylic acids is 2. The Morgan fingerprint density at radius 2 is 2.05 bits per heavy atom. The number of ether oxygens (including phenoxy) is 1. The molecule has 0 radical (unpaired) electrons. The molecule has 1 aromatic carbocycles. The highest BCUT2D eigenvalue weighted by Crippen LogP contribution is 2.29. The second-order valence-corrected chi connectivity index (χ2v) is 6.43. The van der Waals surface area contributed by atoms with E-state index in [-0.39, 0.29) is 6.54 Å². The number of benzene rings is 1. The minimum absolute atomic E-state index is 0.0598. The van der Waals surface area contributed by atoms with Gasteiger partial charge >= 0.3 is 5.97 Å². The van der Waals surface area contributed by atoms with Crippen LogP contribution in [0, 0.1) is 0 Å². The molecule has 118 valence electrons. The van der Waals surface area contributed by atoms with Crippen LogP contribution in [0.4, 0.5) is 0 Å². The van der Waals surface area contributed by atoms with Crippen LogP contribution in [0.3, 0.4) is 0 Å². The lowest BCUT2D eigenvalue weighted by Gasteiger charge is -2.24. The fourth-order valence-electron chi connectivity index (χ4n) is 2.17. The molecule has 0 unspecified atom stereocenters. The molecule has 1 atom stereocenters. The second-order valence-electron chi connectivity index (χ2n) is 5.52. The van der Waals surface area contributed by atoms with Crippen LogP contribution >= 0.6 is 11.3 Å². The Morgan fingerprint density at radius 1 is 1.36 bits per heavy atom. The van der Waals surface area contributed by atoms with Gasteiger partial charge in [0.05, 0.1) is 6.10 Å². The Bertz CT molecular complexity index is 692. The minimum Gasteiger partial charge on any atom is -0.450 e. The van der Waals surface area contributed by atoms with Crippen LogP contribution in [0.5, 0.6) is 0 Å². The molecule has 0 aliphatic rings. The molecule has 2 rings (SSSR count). The number of rotatable bonds is 5. The first kappa shape index (κ1) is 16.5. The Labute approximate surface area is 132 Å². The molecule has 2 aromatic rings. The largest absolute Gasteiger partial charge is 0.450 e. The van der Waals surface area contributed by atoms with Gasteiger partial charge in [0.15, 0.2) is 5.60 Å². The minimum atomic E-state index is -1.26. The zero-order chi connectivity index (χ0) is 16.3. The van der Waals surface area contributed by atoms with Gasteiger partial charge in [0.2, 0.25) is 0 Å². The number of amides is 1. The molecule has 0 aliphatic heterocycles. The highest BCUT2D eigenvalue weighted by atomic mass is 32.1. The molecule has 1 heterocycles. The SMILES string of the molecule is CC(=O)OC(C)(C)C(=O)NC[C@@H](O)c1csc2ccccc12. The number of fused-ring (bicyclic) bond motifs is 1. The molecule has 0 bridgehead atoms. The molecule has 0 spiro atoms. The average Bonchev–Trinajstić information content (AvgIpc) is 2.87. The summed E-state index contributed by atoms with van der Waals surface area (Å²) in [5, 5.41) is 15.8. The van der Waals surface area contributed by atoms with Crippen LogP contribution in [0.2, 0.25) is 0 Å². The average molecular weight is 321 g/mol. The van der Waals surface area contributed by atoms with Crippen LogP contribution < -0.4 is 5.32 Å². The van der Waals surface area contributed by atoms with Gasteiger partial charge in [0, 0.05) is 23.7 Å². The number of aliphatic hydroxyl groups is 1. The van der Waals surface area contributed by atoms with Crippen molar-refractivity contribution >= 4 is 33.3 Å². The summed E-state index contributed by atoms with van der Waals surface area (Å²) >= 11 is 1.55. The van der Waals surface area contributed by atoms with E-state index in [9.17, 15) is 14.7 Å². The van der Waals surface area contributed by atoms with E-state index in [0.717, 1.165) is 15.6 Å². The topological polar surface area (TPSA) is 75.6 Å². The van der Waals surface area contributed by atoms with Crippen molar-refractivity contribution in [3.8, 4) is 0 Å². The van der Waals surface area contributed by atoms with Crippen molar-refractivity contribution in [2.75, 3.05) is 6.54 Å². The predicted octanol–water partition coefficient (Wildman–Crippen LogP) is 2.39. The molecular formula is C16H19NO4S. The molecule has 6 heteroatoms. The maximum absolute atomic E-state index is 12.0. The molecule has 22 heavy (non-hydrogen) atoms. The summed E-state index contributed by atoms with van der Waals surface area (Å²) in [5.41, 5.74) is -0.478. The molecule has 5 nitrogen and oxygen atoms in total. The summed E-state index contributed by atoms with van der Waals surface area (Å²) in [6, 6.07) is 7.78. The predicted molar refractivity (Wildman–Crippen MR) is 85.6 cm³/mol. The second kappa shape index (κ2) is 6.46. The fraction of sp³-hybridized carbons (Fsp3) is 0.375. The van der Waals surface area contributed by atoms with Gasteiger partial charge in [-0.25, -0.2) is 0 Å². The molecular weight excluding hydrogens is 302 g/mol. The standard InChI is InChI=1S/C16H19NO4S/c1-10(18)21-16(2,3)15(20)17-8-13(19)12-9-22-14-7-5-4-6-11(12)14/h4-7,9,13,19H,8H2,1-3H3,(H,17,20)/t13-/m1/s1. The van der Waals surface area contributed by atoms with Crippen molar-refractivity contribution in [1.29, 1.82) is 0 Å². The lowest BCUT2D eigenvalue weighted by atomic mass is 10.1. The molecule has 1 amide bonds. The summed E-state index contributed by atoms with van der Waals surface area (Å²) in [7, 11) is 0. The van der Waals surface area contributed by atoms with E-state index in [1.807, 2.05) is 29.6 Å². The summed E-state index contributed by atoms with van der Waals surface area (Å²) < 4.78 is 6.05. The van der Waals surface area contributed by atoms with E-state index in [4.69, 9.17) is 4.74 Å². The molecule has 1 aromatic heterocycles. The Kier molecular flexibility index (Phi) is 4.83. The smallest absolute Gasteiger partial charge is 0.303 e. The first-order valence-corrected chi connectivity index (χ1v) is 7.81. The quantitative estimate of drug-likeness (QED) is 0.829. The number of hydrogen-bond acceptors (Lipinski definition) is 5. The summed E-state index contributed by atoms with van der Waals surface area (Å²) in [4.78, 5) is 23.0. The molecule has 0 fully saturated rings.